The van der Waals surface area contributed by atoms with Crippen LogP contribution in [0.3, 0.4) is 0 Å². The fourth-order valence-corrected chi connectivity index (χ4v) is 9.87. The van der Waals surface area contributed by atoms with Crippen LogP contribution in [0.2, 0.25) is 0 Å². The Morgan fingerprint density at radius 3 is 2.22 bits per heavy atom. The molecular formula is C59H55IrN3O-2. The molecule has 323 valence electrons. The second kappa shape index (κ2) is 16.3. The molecule has 0 bridgehead atoms. The summed E-state index contributed by atoms with van der Waals surface area (Å²) in [7, 11) is 0. The van der Waals surface area contributed by atoms with Gasteiger partial charge in [-0.25, -0.2) is 0 Å². The van der Waals surface area contributed by atoms with Gasteiger partial charge in [-0.1, -0.05) is 140 Å². The largest absolute Gasteiger partial charge is 0.501 e. The molecule has 1 aliphatic rings. The van der Waals surface area contributed by atoms with Gasteiger partial charge in [0.1, 0.15) is 5.58 Å². The zero-order chi connectivity index (χ0) is 43.8. The minimum atomic E-state index is 0. The van der Waals surface area contributed by atoms with Crippen LogP contribution in [0, 0.1) is 12.1 Å². The van der Waals surface area contributed by atoms with Crippen molar-refractivity contribution >= 4 is 54.5 Å². The van der Waals surface area contributed by atoms with Gasteiger partial charge in [0.15, 0.2) is 0 Å². The van der Waals surface area contributed by atoms with E-state index in [0.717, 1.165) is 62.0 Å². The van der Waals surface area contributed by atoms with Crippen molar-refractivity contribution in [2.24, 2.45) is 0 Å². The molecule has 64 heavy (non-hydrogen) atoms. The summed E-state index contributed by atoms with van der Waals surface area (Å²) in [5, 5.41) is 7.09. The first-order valence-corrected chi connectivity index (χ1v) is 22.5. The summed E-state index contributed by atoms with van der Waals surface area (Å²) in [5.41, 5.74) is 13.8. The van der Waals surface area contributed by atoms with Crippen molar-refractivity contribution in [3.63, 3.8) is 0 Å². The van der Waals surface area contributed by atoms with Crippen LogP contribution < -0.4 is 0 Å². The summed E-state index contributed by atoms with van der Waals surface area (Å²) < 4.78 is 9.30. The molecule has 1 aliphatic carbocycles. The van der Waals surface area contributed by atoms with E-state index in [1.54, 1.807) is 0 Å². The Labute approximate surface area is 391 Å². The van der Waals surface area contributed by atoms with Crippen LogP contribution in [0.15, 0.2) is 144 Å². The number of para-hydroxylation sites is 2. The Morgan fingerprint density at radius 2 is 1.44 bits per heavy atom. The van der Waals surface area contributed by atoms with Crippen LogP contribution in [0.25, 0.3) is 82.8 Å². The maximum atomic E-state index is 6.86. The Bertz CT molecular complexity index is 3360. The normalized spacial score (nSPS) is 14.5. The molecule has 0 atom stereocenters. The number of furan rings is 1. The van der Waals surface area contributed by atoms with Crippen LogP contribution in [-0.4, -0.2) is 14.5 Å². The third kappa shape index (κ3) is 7.47. The SMILES string of the molecule is CC(C)(C)c1ccnc(-c2[c-]cccc2)c1.CC(C)c1ccc2c(c1-n1c(-c3[c-]ccc4c3oc3cc5c(ccc6ccccc65)cc34)nc3ccccc31)C(C)(C)CCC2(C)C.[Ir]. The van der Waals surface area contributed by atoms with E-state index in [1.807, 2.05) is 36.5 Å². The zero-order valence-corrected chi connectivity index (χ0v) is 40.7. The van der Waals surface area contributed by atoms with E-state index >= 15 is 0 Å². The minimum Gasteiger partial charge on any atom is -0.501 e. The fraction of sp³-hybridized carbons (Fsp3) is 0.254. The number of imidazole rings is 1. The molecule has 11 rings (SSSR count). The van der Waals surface area contributed by atoms with Crippen LogP contribution >= 0.6 is 0 Å². The standard InChI is InChI=1S/C44H39N2O.C15H16N.Ir/c1-26(2)29-20-21-35-39(44(5,6)23-22-43(35,3)4)40(29)46-37-17-10-9-16-36(37)45-42(46)32-15-11-14-31-34-24-28-19-18-27-12-7-8-13-30(27)33(28)25-38(34)47-41(31)32;1-15(2,3)13-9-10-16-14(11-13)12-7-5-4-6-8-12;/h7-14,16-21,24-26H,22-23H2,1-6H3;4-7,9-11H,1-3H3;/q2*-1;. The van der Waals surface area contributed by atoms with Crippen molar-refractivity contribution < 1.29 is 24.5 Å². The summed E-state index contributed by atoms with van der Waals surface area (Å²) in [6.07, 6.45) is 4.18. The van der Waals surface area contributed by atoms with Gasteiger partial charge in [-0.15, -0.1) is 54.1 Å². The van der Waals surface area contributed by atoms with Gasteiger partial charge >= 0.3 is 0 Å². The van der Waals surface area contributed by atoms with Crippen molar-refractivity contribution in [2.75, 3.05) is 0 Å². The van der Waals surface area contributed by atoms with E-state index in [2.05, 4.69) is 187 Å². The Morgan fingerprint density at radius 1 is 0.688 bits per heavy atom. The van der Waals surface area contributed by atoms with E-state index in [1.165, 1.54) is 55.9 Å². The van der Waals surface area contributed by atoms with Gasteiger partial charge in [0.2, 0.25) is 0 Å². The Kier molecular flexibility index (Phi) is 11.0. The Hall–Kier alpha value is -5.87. The maximum absolute atomic E-state index is 6.86. The zero-order valence-electron chi connectivity index (χ0n) is 38.4. The number of hydrogen-bond donors (Lipinski definition) is 0. The van der Waals surface area contributed by atoms with Crippen molar-refractivity contribution in [1.82, 2.24) is 14.5 Å². The molecule has 7 aromatic carbocycles. The molecule has 3 heterocycles. The number of fused-ring (bicyclic) bond motifs is 8. The van der Waals surface area contributed by atoms with Gasteiger partial charge in [-0.2, -0.15) is 0 Å². The quantitative estimate of drug-likeness (QED) is 0.130. The molecule has 0 fully saturated rings. The average Bonchev–Trinajstić information content (AvgIpc) is 3.85. The van der Waals surface area contributed by atoms with Gasteiger partial charge in [0.25, 0.3) is 0 Å². The number of pyridine rings is 1. The predicted molar refractivity (Wildman–Crippen MR) is 264 cm³/mol. The summed E-state index contributed by atoms with van der Waals surface area (Å²) in [4.78, 5) is 9.77. The number of aromatic nitrogens is 3. The van der Waals surface area contributed by atoms with Crippen molar-refractivity contribution in [3.05, 3.63) is 174 Å². The first-order valence-electron chi connectivity index (χ1n) is 22.5. The monoisotopic (exact) mass is 1010 g/mol. The summed E-state index contributed by atoms with van der Waals surface area (Å²) in [6, 6.07) is 54.0. The van der Waals surface area contributed by atoms with Crippen molar-refractivity contribution in [2.45, 2.75) is 97.3 Å². The summed E-state index contributed by atoms with van der Waals surface area (Å²) >= 11 is 0. The number of benzene rings is 7. The topological polar surface area (TPSA) is 43.9 Å². The second-order valence-corrected chi connectivity index (χ2v) is 20.1. The third-order valence-corrected chi connectivity index (χ3v) is 13.5. The number of nitrogens with zero attached hydrogens (tertiary/aromatic N) is 3. The van der Waals surface area contributed by atoms with Gasteiger partial charge in [0, 0.05) is 37.4 Å². The molecule has 1 radical (unpaired) electrons. The number of rotatable bonds is 4. The van der Waals surface area contributed by atoms with Gasteiger partial charge in [-0.3, -0.25) is 4.98 Å². The van der Waals surface area contributed by atoms with Gasteiger partial charge in [0.05, 0.1) is 22.4 Å². The molecule has 4 nitrogen and oxygen atoms in total. The van der Waals surface area contributed by atoms with E-state index in [9.17, 15) is 0 Å². The second-order valence-electron chi connectivity index (χ2n) is 20.1. The van der Waals surface area contributed by atoms with E-state index in [4.69, 9.17) is 9.40 Å². The molecule has 3 aromatic heterocycles. The molecule has 10 aromatic rings. The first-order chi connectivity index (χ1) is 30.2. The van der Waals surface area contributed by atoms with Crippen LogP contribution in [0.5, 0.6) is 0 Å². The van der Waals surface area contributed by atoms with Crippen LogP contribution in [-0.2, 0) is 36.4 Å². The molecule has 0 amide bonds. The maximum Gasteiger partial charge on any atom is 0.121 e. The molecule has 0 saturated carbocycles. The van der Waals surface area contributed by atoms with E-state index in [0.29, 0.717) is 5.92 Å². The van der Waals surface area contributed by atoms with E-state index < -0.39 is 0 Å². The van der Waals surface area contributed by atoms with E-state index in [-0.39, 0.29) is 36.4 Å². The Balaban J connectivity index is 0.000000258. The molecule has 5 heteroatoms. The summed E-state index contributed by atoms with van der Waals surface area (Å²) in [5.74, 6) is 1.21. The average molecular weight is 1010 g/mol. The smallest absolute Gasteiger partial charge is 0.121 e. The van der Waals surface area contributed by atoms with Crippen molar-refractivity contribution in [3.8, 4) is 28.3 Å². The summed E-state index contributed by atoms with van der Waals surface area (Å²) in [6.45, 7) is 20.9. The first kappa shape index (κ1) is 43.4. The molecular weight excluding hydrogens is 959 g/mol. The third-order valence-electron chi connectivity index (χ3n) is 13.5. The van der Waals surface area contributed by atoms with Gasteiger partial charge < -0.3 is 14.0 Å². The molecule has 0 aliphatic heterocycles. The molecule has 0 N–H and O–H groups in total. The van der Waals surface area contributed by atoms with Crippen LogP contribution in [0.4, 0.5) is 0 Å². The van der Waals surface area contributed by atoms with Gasteiger partial charge in [-0.05, 0) is 115 Å². The molecule has 0 saturated heterocycles. The molecule has 0 spiro atoms. The minimum absolute atomic E-state index is 0. The van der Waals surface area contributed by atoms with Crippen molar-refractivity contribution in [1.29, 1.82) is 0 Å². The predicted octanol–water partition coefficient (Wildman–Crippen LogP) is 16.0. The molecule has 0 unspecified atom stereocenters. The number of hydrogen-bond acceptors (Lipinski definition) is 3. The fourth-order valence-electron chi connectivity index (χ4n) is 9.87. The van der Waals surface area contributed by atoms with Crippen LogP contribution in [0.1, 0.15) is 103 Å².